The number of hydrogen-bond donors (Lipinski definition) is 2. The van der Waals surface area contributed by atoms with E-state index in [1.54, 1.807) is 17.7 Å². The lowest BCUT2D eigenvalue weighted by Gasteiger charge is -2.33. The molecule has 0 atom stereocenters. The van der Waals surface area contributed by atoms with Crippen LogP contribution in [0.15, 0.2) is 24.5 Å². The van der Waals surface area contributed by atoms with Crippen LogP contribution >= 0.6 is 11.3 Å². The van der Waals surface area contributed by atoms with Crippen molar-refractivity contribution in [3.8, 4) is 0 Å². The molecule has 1 aromatic carbocycles. The molecular weight excluding hydrogens is 332 g/mol. The van der Waals surface area contributed by atoms with Crippen molar-refractivity contribution in [3.05, 3.63) is 30.1 Å². The zero-order chi connectivity index (χ0) is 17.4. The molecule has 6 heteroatoms. The molecular formula is C19H24N4OS. The second-order valence-electron chi connectivity index (χ2n) is 7.11. The van der Waals surface area contributed by atoms with Gasteiger partial charge in [0.1, 0.15) is 17.0 Å². The van der Waals surface area contributed by atoms with E-state index in [0.29, 0.717) is 12.1 Å². The zero-order valence-corrected chi connectivity index (χ0v) is 15.5. The highest BCUT2D eigenvalue weighted by molar-refractivity contribution is 7.25. The number of nitrogens with one attached hydrogen (secondary N) is 1. The highest BCUT2D eigenvalue weighted by Gasteiger charge is 2.23. The number of hydrogen-bond acceptors (Lipinski definition) is 6. The van der Waals surface area contributed by atoms with Crippen LogP contribution in [0.4, 0.5) is 5.82 Å². The normalized spacial score (nSPS) is 21.3. The summed E-state index contributed by atoms with van der Waals surface area (Å²) < 4.78 is 1.19. The largest absolute Gasteiger partial charge is 0.392 e. The first-order chi connectivity index (χ1) is 12.2. The maximum atomic E-state index is 9.46. The fraction of sp³-hybridized carbons (Fsp3) is 0.474. The van der Waals surface area contributed by atoms with Gasteiger partial charge in [0.05, 0.1) is 12.0 Å². The van der Waals surface area contributed by atoms with Gasteiger partial charge in [0.15, 0.2) is 0 Å². The molecule has 132 valence electrons. The van der Waals surface area contributed by atoms with E-state index in [4.69, 9.17) is 0 Å². The quantitative estimate of drug-likeness (QED) is 0.748. The van der Waals surface area contributed by atoms with Crippen LogP contribution in [0, 0.1) is 0 Å². The molecule has 0 spiro atoms. The third kappa shape index (κ3) is 3.21. The van der Waals surface area contributed by atoms with Gasteiger partial charge in [0.2, 0.25) is 0 Å². The Bertz CT molecular complexity index is 884. The Kier molecular flexibility index (Phi) is 4.58. The molecule has 0 radical (unpaired) electrons. The van der Waals surface area contributed by atoms with Crippen molar-refractivity contribution in [2.24, 2.45) is 0 Å². The first kappa shape index (κ1) is 16.7. The van der Waals surface area contributed by atoms with Gasteiger partial charge in [0, 0.05) is 22.2 Å². The summed E-state index contributed by atoms with van der Waals surface area (Å²) in [6.07, 6.45) is 6.42. The highest BCUT2D eigenvalue weighted by Crippen LogP contribution is 2.37. The van der Waals surface area contributed by atoms with E-state index < -0.39 is 0 Å². The van der Waals surface area contributed by atoms with Gasteiger partial charge in [-0.25, -0.2) is 9.97 Å². The maximum Gasteiger partial charge on any atom is 0.139 e. The monoisotopic (exact) mass is 356 g/mol. The Morgan fingerprint density at radius 1 is 1.20 bits per heavy atom. The van der Waals surface area contributed by atoms with Gasteiger partial charge in [-0.3, -0.25) is 0 Å². The number of anilines is 1. The van der Waals surface area contributed by atoms with Crippen molar-refractivity contribution in [3.63, 3.8) is 0 Å². The summed E-state index contributed by atoms with van der Waals surface area (Å²) in [6, 6.07) is 7.26. The van der Waals surface area contributed by atoms with E-state index >= 15 is 0 Å². The molecule has 1 aliphatic rings. The summed E-state index contributed by atoms with van der Waals surface area (Å²) in [7, 11) is 4.34. The van der Waals surface area contributed by atoms with Gasteiger partial charge in [-0.05, 0) is 57.5 Å². The number of aliphatic hydroxyl groups excluding tert-OH is 1. The van der Waals surface area contributed by atoms with Gasteiger partial charge in [0.25, 0.3) is 0 Å². The SMILES string of the molecule is CN(C)C1CCC(Nc2ncnc3sc4ccc(CO)cc4c23)CC1. The number of rotatable bonds is 4. The Morgan fingerprint density at radius 2 is 2.00 bits per heavy atom. The summed E-state index contributed by atoms with van der Waals surface area (Å²) in [6.45, 7) is 0.0539. The lowest BCUT2D eigenvalue weighted by molar-refractivity contribution is 0.221. The predicted octanol–water partition coefficient (Wildman–Crippen LogP) is 3.62. The standard InChI is InChI=1S/C19H24N4OS/c1-23(2)14-6-4-13(5-7-14)22-18-17-15-9-12(10-24)3-8-16(15)25-19(17)21-11-20-18/h3,8-9,11,13-14,24H,4-7,10H2,1-2H3,(H,20,21,22). The van der Waals surface area contributed by atoms with Crippen LogP contribution in [0.1, 0.15) is 31.2 Å². The van der Waals surface area contributed by atoms with Gasteiger partial charge < -0.3 is 15.3 Å². The average Bonchev–Trinajstić information content (AvgIpc) is 3.00. The molecule has 25 heavy (non-hydrogen) atoms. The molecule has 4 rings (SSSR count). The van der Waals surface area contributed by atoms with Crippen molar-refractivity contribution >= 4 is 37.5 Å². The average molecular weight is 356 g/mol. The fourth-order valence-electron chi connectivity index (χ4n) is 3.79. The van der Waals surface area contributed by atoms with Crippen molar-refractivity contribution in [1.82, 2.24) is 14.9 Å². The molecule has 2 aromatic heterocycles. The number of nitrogens with zero attached hydrogens (tertiary/aromatic N) is 3. The van der Waals surface area contributed by atoms with Crippen LogP contribution in [-0.4, -0.2) is 46.2 Å². The van der Waals surface area contributed by atoms with Crippen molar-refractivity contribution in [2.45, 2.75) is 44.4 Å². The number of thiophene rings is 1. The minimum absolute atomic E-state index is 0.0539. The topological polar surface area (TPSA) is 61.3 Å². The van der Waals surface area contributed by atoms with Crippen LogP contribution < -0.4 is 5.32 Å². The van der Waals surface area contributed by atoms with Crippen LogP contribution in [-0.2, 0) is 6.61 Å². The van der Waals surface area contributed by atoms with Crippen molar-refractivity contribution in [2.75, 3.05) is 19.4 Å². The van der Waals surface area contributed by atoms with Gasteiger partial charge in [-0.15, -0.1) is 11.3 Å². The molecule has 0 aliphatic heterocycles. The van der Waals surface area contributed by atoms with E-state index in [1.165, 1.54) is 17.5 Å². The van der Waals surface area contributed by atoms with Crippen LogP contribution in [0.5, 0.6) is 0 Å². The third-order valence-electron chi connectivity index (χ3n) is 5.28. The molecule has 5 nitrogen and oxygen atoms in total. The second kappa shape index (κ2) is 6.86. The molecule has 1 fully saturated rings. The predicted molar refractivity (Wildman–Crippen MR) is 104 cm³/mol. The number of aliphatic hydroxyl groups is 1. The van der Waals surface area contributed by atoms with Gasteiger partial charge >= 0.3 is 0 Å². The Labute approximate surface area is 151 Å². The molecule has 2 N–H and O–H groups in total. The molecule has 1 saturated carbocycles. The van der Waals surface area contributed by atoms with Crippen molar-refractivity contribution < 1.29 is 5.11 Å². The minimum atomic E-state index is 0.0539. The summed E-state index contributed by atoms with van der Waals surface area (Å²) in [5.41, 5.74) is 0.925. The Hall–Kier alpha value is -1.76. The number of aromatic nitrogens is 2. The molecule has 0 amide bonds. The summed E-state index contributed by atoms with van der Waals surface area (Å²) in [5.74, 6) is 0.930. The lowest BCUT2D eigenvalue weighted by atomic mass is 9.90. The van der Waals surface area contributed by atoms with E-state index in [2.05, 4.69) is 46.4 Å². The Balaban J connectivity index is 1.65. The van der Waals surface area contributed by atoms with Gasteiger partial charge in [-0.2, -0.15) is 0 Å². The summed E-state index contributed by atoms with van der Waals surface area (Å²) in [4.78, 5) is 12.3. The maximum absolute atomic E-state index is 9.46. The number of fused-ring (bicyclic) bond motifs is 3. The lowest BCUT2D eigenvalue weighted by Crippen LogP contribution is -2.36. The summed E-state index contributed by atoms with van der Waals surface area (Å²) in [5, 5.41) is 15.4. The summed E-state index contributed by atoms with van der Waals surface area (Å²) >= 11 is 1.68. The van der Waals surface area contributed by atoms with Crippen LogP contribution in [0.3, 0.4) is 0 Å². The third-order valence-corrected chi connectivity index (χ3v) is 6.36. The molecule has 0 bridgehead atoms. The minimum Gasteiger partial charge on any atom is -0.392 e. The first-order valence-corrected chi connectivity index (χ1v) is 9.67. The van der Waals surface area contributed by atoms with E-state index in [9.17, 15) is 5.11 Å². The smallest absolute Gasteiger partial charge is 0.139 e. The molecule has 3 aromatic rings. The molecule has 2 heterocycles. The van der Waals surface area contributed by atoms with Crippen LogP contribution in [0.25, 0.3) is 20.3 Å². The van der Waals surface area contributed by atoms with E-state index in [0.717, 1.165) is 39.8 Å². The van der Waals surface area contributed by atoms with Gasteiger partial charge in [-0.1, -0.05) is 6.07 Å². The van der Waals surface area contributed by atoms with E-state index in [-0.39, 0.29) is 6.61 Å². The van der Waals surface area contributed by atoms with E-state index in [1.807, 2.05) is 6.07 Å². The molecule has 0 unspecified atom stereocenters. The second-order valence-corrected chi connectivity index (χ2v) is 8.14. The highest BCUT2D eigenvalue weighted by atomic mass is 32.1. The first-order valence-electron chi connectivity index (χ1n) is 8.85. The molecule has 1 aliphatic carbocycles. The Morgan fingerprint density at radius 3 is 2.72 bits per heavy atom. The van der Waals surface area contributed by atoms with Crippen molar-refractivity contribution in [1.29, 1.82) is 0 Å². The fourth-order valence-corrected chi connectivity index (χ4v) is 4.82. The zero-order valence-electron chi connectivity index (χ0n) is 14.7. The number of benzene rings is 1. The van der Waals surface area contributed by atoms with Crippen LogP contribution in [0.2, 0.25) is 0 Å². The molecule has 0 saturated heterocycles.